The van der Waals surface area contributed by atoms with Gasteiger partial charge in [-0.3, -0.25) is 9.69 Å². The molecule has 0 aromatic carbocycles. The lowest BCUT2D eigenvalue weighted by Gasteiger charge is -2.57. The van der Waals surface area contributed by atoms with E-state index in [0.29, 0.717) is 5.54 Å². The Morgan fingerprint density at radius 3 is 2.00 bits per heavy atom. The second kappa shape index (κ2) is 3.95. The largest absolute Gasteiger partial charge is 0.379 e. The van der Waals surface area contributed by atoms with Gasteiger partial charge in [0, 0.05) is 24.0 Å². The molecule has 4 rings (SSSR count). The van der Waals surface area contributed by atoms with E-state index in [0.717, 1.165) is 64.8 Å². The predicted octanol–water partition coefficient (Wildman–Crippen LogP) is 0.897. The van der Waals surface area contributed by atoms with Gasteiger partial charge in [-0.2, -0.15) is 0 Å². The van der Waals surface area contributed by atoms with Crippen LogP contribution in [0.25, 0.3) is 0 Å². The van der Waals surface area contributed by atoms with E-state index in [2.05, 4.69) is 4.90 Å². The van der Waals surface area contributed by atoms with Gasteiger partial charge >= 0.3 is 0 Å². The van der Waals surface area contributed by atoms with Crippen molar-refractivity contribution in [2.75, 3.05) is 26.3 Å². The number of morpholine rings is 1. The van der Waals surface area contributed by atoms with Crippen LogP contribution >= 0.6 is 0 Å². The Bertz CT molecular complexity index is 299. The van der Waals surface area contributed by atoms with Crippen LogP contribution in [0.4, 0.5) is 0 Å². The first-order valence-corrected chi connectivity index (χ1v) is 6.80. The Kier molecular flexibility index (Phi) is 2.67. The van der Waals surface area contributed by atoms with Crippen LogP contribution in [-0.2, 0) is 9.53 Å². The first kappa shape index (κ1) is 11.5. The Labute approximate surface area is 102 Å². The van der Waals surface area contributed by atoms with Gasteiger partial charge in [0.05, 0.1) is 13.2 Å². The fourth-order valence-electron chi connectivity index (χ4n) is 4.05. The van der Waals surface area contributed by atoms with Gasteiger partial charge in [-0.15, -0.1) is 0 Å². The van der Waals surface area contributed by atoms with Gasteiger partial charge in [-0.1, -0.05) is 0 Å². The highest BCUT2D eigenvalue weighted by atomic mass is 16.5. The van der Waals surface area contributed by atoms with Crippen LogP contribution in [0.5, 0.6) is 0 Å². The maximum absolute atomic E-state index is 11.6. The monoisotopic (exact) mass is 238 g/mol. The molecule has 17 heavy (non-hydrogen) atoms. The highest BCUT2D eigenvalue weighted by Crippen LogP contribution is 2.54. The predicted molar refractivity (Wildman–Crippen MR) is 64.5 cm³/mol. The number of primary amides is 1. The Balaban J connectivity index is 1.74. The number of carbonyl (C=O) groups is 1. The number of ether oxygens (including phenoxy) is 1. The van der Waals surface area contributed by atoms with Gasteiger partial charge in [0.2, 0.25) is 5.91 Å². The number of carbonyl (C=O) groups excluding carboxylic acids is 1. The molecule has 1 saturated heterocycles. The second-order valence-electron chi connectivity index (χ2n) is 5.97. The van der Waals surface area contributed by atoms with Crippen molar-refractivity contribution in [1.29, 1.82) is 0 Å². The SMILES string of the molecule is NC(=O)C12CCC(N3CCOCC3)(CC1)CC2. The lowest BCUT2D eigenvalue weighted by molar-refractivity contribution is -0.142. The van der Waals surface area contributed by atoms with E-state index >= 15 is 0 Å². The molecule has 3 aliphatic carbocycles. The molecule has 1 amide bonds. The van der Waals surface area contributed by atoms with Crippen molar-refractivity contribution >= 4 is 5.91 Å². The highest BCUT2D eigenvalue weighted by Gasteiger charge is 2.53. The maximum Gasteiger partial charge on any atom is 0.223 e. The number of nitrogens with two attached hydrogens (primary N) is 1. The van der Waals surface area contributed by atoms with Gasteiger partial charge in [0.1, 0.15) is 0 Å². The van der Waals surface area contributed by atoms with Crippen LogP contribution in [0.15, 0.2) is 0 Å². The van der Waals surface area contributed by atoms with Crippen LogP contribution in [-0.4, -0.2) is 42.6 Å². The summed E-state index contributed by atoms with van der Waals surface area (Å²) in [6, 6.07) is 0. The molecule has 0 spiro atoms. The molecule has 1 aliphatic heterocycles. The fourth-order valence-corrected chi connectivity index (χ4v) is 4.05. The highest BCUT2D eigenvalue weighted by molar-refractivity contribution is 5.81. The lowest BCUT2D eigenvalue weighted by Crippen LogP contribution is -2.61. The number of hydrogen-bond donors (Lipinski definition) is 1. The average Bonchev–Trinajstić information content (AvgIpc) is 2.42. The van der Waals surface area contributed by atoms with E-state index < -0.39 is 0 Å². The van der Waals surface area contributed by atoms with Crippen molar-refractivity contribution < 1.29 is 9.53 Å². The molecule has 0 radical (unpaired) electrons. The summed E-state index contributed by atoms with van der Waals surface area (Å²) in [5.41, 5.74) is 5.79. The first-order valence-electron chi connectivity index (χ1n) is 6.80. The van der Waals surface area contributed by atoms with E-state index in [9.17, 15) is 4.79 Å². The molecule has 4 aliphatic rings. The zero-order chi connectivity index (χ0) is 11.9. The molecule has 96 valence electrons. The topological polar surface area (TPSA) is 55.6 Å². The summed E-state index contributed by atoms with van der Waals surface area (Å²) in [6.07, 6.45) is 6.45. The number of fused-ring (bicyclic) bond motifs is 3. The molecular formula is C13H22N2O2. The normalized spacial score (nSPS) is 42.6. The van der Waals surface area contributed by atoms with Crippen molar-refractivity contribution in [2.45, 2.75) is 44.1 Å². The number of hydrogen-bond acceptors (Lipinski definition) is 3. The molecule has 0 unspecified atom stereocenters. The zero-order valence-corrected chi connectivity index (χ0v) is 10.4. The number of nitrogens with zero attached hydrogens (tertiary/aromatic N) is 1. The fraction of sp³-hybridized carbons (Fsp3) is 0.923. The van der Waals surface area contributed by atoms with Crippen LogP contribution in [0.2, 0.25) is 0 Å². The van der Waals surface area contributed by atoms with Crippen molar-refractivity contribution in [3.05, 3.63) is 0 Å². The molecular weight excluding hydrogens is 216 g/mol. The van der Waals surface area contributed by atoms with Crippen LogP contribution in [0.3, 0.4) is 0 Å². The van der Waals surface area contributed by atoms with E-state index in [4.69, 9.17) is 10.5 Å². The maximum atomic E-state index is 11.6. The molecule has 0 aromatic rings. The van der Waals surface area contributed by atoms with E-state index in [1.54, 1.807) is 0 Å². The third kappa shape index (κ3) is 1.69. The molecule has 4 heteroatoms. The summed E-state index contributed by atoms with van der Waals surface area (Å²) < 4.78 is 5.44. The average molecular weight is 238 g/mol. The third-order valence-electron chi connectivity index (χ3n) is 5.41. The van der Waals surface area contributed by atoms with E-state index in [1.807, 2.05) is 0 Å². The molecule has 1 heterocycles. The molecule has 0 aromatic heterocycles. The van der Waals surface area contributed by atoms with E-state index in [1.165, 1.54) is 0 Å². The lowest BCUT2D eigenvalue weighted by atomic mass is 9.56. The smallest absolute Gasteiger partial charge is 0.223 e. The summed E-state index contributed by atoms with van der Waals surface area (Å²) in [5, 5.41) is 0. The molecule has 3 saturated carbocycles. The van der Waals surface area contributed by atoms with Crippen molar-refractivity contribution in [3.63, 3.8) is 0 Å². The quantitative estimate of drug-likeness (QED) is 0.777. The minimum absolute atomic E-state index is 0.0622. The zero-order valence-electron chi connectivity index (χ0n) is 10.4. The summed E-state index contributed by atoms with van der Waals surface area (Å²) >= 11 is 0. The Morgan fingerprint density at radius 1 is 1.00 bits per heavy atom. The van der Waals surface area contributed by atoms with Crippen molar-refractivity contribution in [3.8, 4) is 0 Å². The van der Waals surface area contributed by atoms with Gasteiger partial charge in [0.25, 0.3) is 0 Å². The van der Waals surface area contributed by atoms with Gasteiger partial charge in [-0.05, 0) is 38.5 Å². The van der Waals surface area contributed by atoms with Gasteiger partial charge < -0.3 is 10.5 Å². The van der Waals surface area contributed by atoms with Crippen molar-refractivity contribution in [2.24, 2.45) is 11.1 Å². The third-order valence-corrected chi connectivity index (χ3v) is 5.41. The van der Waals surface area contributed by atoms with Gasteiger partial charge in [0.15, 0.2) is 0 Å². The van der Waals surface area contributed by atoms with Gasteiger partial charge in [-0.25, -0.2) is 0 Å². The molecule has 2 bridgehead atoms. The molecule has 0 atom stereocenters. The first-order chi connectivity index (χ1) is 8.17. The summed E-state index contributed by atoms with van der Waals surface area (Å²) in [4.78, 5) is 14.2. The number of rotatable bonds is 2. The second-order valence-corrected chi connectivity index (χ2v) is 5.97. The van der Waals surface area contributed by atoms with E-state index in [-0.39, 0.29) is 11.3 Å². The summed E-state index contributed by atoms with van der Waals surface area (Å²) in [7, 11) is 0. The number of amides is 1. The Morgan fingerprint density at radius 2 is 1.53 bits per heavy atom. The molecule has 4 nitrogen and oxygen atoms in total. The molecule has 2 N–H and O–H groups in total. The van der Waals surface area contributed by atoms with Crippen molar-refractivity contribution in [1.82, 2.24) is 4.90 Å². The Hall–Kier alpha value is -0.610. The standard InChI is InChI=1S/C13H22N2O2/c14-11(16)12-1-4-13(5-2-12,6-3-12)15-7-9-17-10-8-15/h1-10H2,(H2,14,16). The summed E-state index contributed by atoms with van der Waals surface area (Å²) in [6.45, 7) is 3.85. The van der Waals surface area contributed by atoms with Crippen LogP contribution in [0.1, 0.15) is 38.5 Å². The van der Waals surface area contributed by atoms with Crippen LogP contribution < -0.4 is 5.73 Å². The van der Waals surface area contributed by atoms with Crippen LogP contribution in [0, 0.1) is 5.41 Å². The summed E-state index contributed by atoms with van der Waals surface area (Å²) in [5.74, 6) is -0.0622. The minimum Gasteiger partial charge on any atom is -0.379 e. The molecule has 4 fully saturated rings. The minimum atomic E-state index is -0.159.